The van der Waals surface area contributed by atoms with Crippen molar-refractivity contribution < 1.29 is 19.1 Å². The number of ether oxygens (including phenoxy) is 1. The Morgan fingerprint density at radius 3 is 2.15 bits per heavy atom. The zero-order valence-electron chi connectivity index (χ0n) is 15.8. The number of carbonyl (C=O) groups is 3. The minimum absolute atomic E-state index is 0.0331. The summed E-state index contributed by atoms with van der Waals surface area (Å²) in [5.41, 5.74) is 1.16. The van der Waals surface area contributed by atoms with Gasteiger partial charge in [-0.2, -0.15) is 0 Å². The maximum atomic E-state index is 12.5. The maximum Gasteiger partial charge on any atom is 0.409 e. The van der Waals surface area contributed by atoms with E-state index in [-0.39, 0.29) is 23.9 Å². The third kappa shape index (κ3) is 4.78. The molecule has 1 aromatic rings. The van der Waals surface area contributed by atoms with E-state index in [9.17, 15) is 14.4 Å². The largest absolute Gasteiger partial charge is 0.450 e. The number of carbonyl (C=O) groups excluding carboxylic acids is 3. The molecule has 2 aliphatic heterocycles. The van der Waals surface area contributed by atoms with Crippen molar-refractivity contribution in [1.29, 1.82) is 0 Å². The van der Waals surface area contributed by atoms with Crippen LogP contribution in [0.5, 0.6) is 0 Å². The summed E-state index contributed by atoms with van der Waals surface area (Å²) in [5.74, 6) is -0.115. The number of nitrogens with one attached hydrogen (secondary N) is 1. The second-order valence-electron chi connectivity index (χ2n) is 7.01. The minimum Gasteiger partial charge on any atom is -0.450 e. The predicted octanol–water partition coefficient (Wildman–Crippen LogP) is 2.27. The van der Waals surface area contributed by atoms with Gasteiger partial charge in [0.2, 0.25) is 0 Å². The van der Waals surface area contributed by atoms with Gasteiger partial charge < -0.3 is 19.9 Å². The first-order valence-corrected chi connectivity index (χ1v) is 9.70. The molecule has 0 unspecified atom stereocenters. The zero-order chi connectivity index (χ0) is 19.2. The Bertz CT molecular complexity index is 675. The fraction of sp³-hybridized carbons (Fsp3) is 0.550. The molecule has 2 heterocycles. The summed E-state index contributed by atoms with van der Waals surface area (Å²) >= 11 is 0. The third-order valence-electron chi connectivity index (χ3n) is 5.14. The predicted molar refractivity (Wildman–Crippen MR) is 101 cm³/mol. The van der Waals surface area contributed by atoms with Crippen molar-refractivity contribution in [2.24, 2.45) is 0 Å². The van der Waals surface area contributed by atoms with Crippen molar-refractivity contribution in [3.05, 3.63) is 35.4 Å². The topological polar surface area (TPSA) is 79.0 Å². The smallest absolute Gasteiger partial charge is 0.409 e. The van der Waals surface area contributed by atoms with Gasteiger partial charge in [-0.25, -0.2) is 4.79 Å². The van der Waals surface area contributed by atoms with E-state index >= 15 is 0 Å². The molecular weight excluding hydrogens is 346 g/mol. The molecule has 0 spiro atoms. The molecule has 0 atom stereocenters. The van der Waals surface area contributed by atoms with E-state index in [1.807, 2.05) is 4.90 Å². The lowest BCUT2D eigenvalue weighted by Crippen LogP contribution is -2.46. The van der Waals surface area contributed by atoms with E-state index in [0.717, 1.165) is 25.9 Å². The number of hydrogen-bond acceptors (Lipinski definition) is 4. The Morgan fingerprint density at radius 1 is 0.963 bits per heavy atom. The van der Waals surface area contributed by atoms with Crippen molar-refractivity contribution >= 4 is 17.9 Å². The molecule has 2 fully saturated rings. The Balaban J connectivity index is 1.50. The monoisotopic (exact) mass is 373 g/mol. The molecule has 7 nitrogen and oxygen atoms in total. The molecular formula is C20H27N3O4. The minimum atomic E-state index is -0.291. The number of hydrogen-bond donors (Lipinski definition) is 1. The van der Waals surface area contributed by atoms with Crippen LogP contribution < -0.4 is 5.32 Å². The second kappa shape index (κ2) is 8.88. The zero-order valence-corrected chi connectivity index (χ0v) is 15.8. The molecule has 146 valence electrons. The maximum absolute atomic E-state index is 12.5. The van der Waals surface area contributed by atoms with Crippen LogP contribution in [-0.2, 0) is 4.74 Å². The normalized spacial score (nSPS) is 17.7. The van der Waals surface area contributed by atoms with Crippen LogP contribution in [-0.4, -0.2) is 66.5 Å². The van der Waals surface area contributed by atoms with Crippen LogP contribution in [0.1, 0.15) is 53.3 Å². The van der Waals surface area contributed by atoms with Crippen molar-refractivity contribution in [2.75, 3.05) is 32.8 Å². The van der Waals surface area contributed by atoms with Crippen LogP contribution in [0.25, 0.3) is 0 Å². The van der Waals surface area contributed by atoms with E-state index in [1.54, 1.807) is 36.1 Å². The van der Waals surface area contributed by atoms with E-state index in [1.165, 1.54) is 0 Å². The number of likely N-dealkylation sites (tertiary alicyclic amines) is 2. The van der Waals surface area contributed by atoms with Crippen molar-refractivity contribution in [3.8, 4) is 0 Å². The summed E-state index contributed by atoms with van der Waals surface area (Å²) in [5, 5.41) is 3.02. The van der Waals surface area contributed by atoms with Gasteiger partial charge in [0, 0.05) is 43.3 Å². The second-order valence-corrected chi connectivity index (χ2v) is 7.01. The van der Waals surface area contributed by atoms with Crippen molar-refractivity contribution in [3.63, 3.8) is 0 Å². The van der Waals surface area contributed by atoms with Gasteiger partial charge in [-0.1, -0.05) is 0 Å². The van der Waals surface area contributed by atoms with Gasteiger partial charge in [0.1, 0.15) is 0 Å². The molecule has 3 rings (SSSR count). The van der Waals surface area contributed by atoms with Crippen LogP contribution in [0.2, 0.25) is 0 Å². The lowest BCUT2D eigenvalue weighted by molar-refractivity contribution is 0.0790. The standard InChI is InChI=1S/C20H27N3O4/c1-2-27-20(26)23-13-9-17(10-14-23)21-18(24)15-5-7-16(8-6-15)19(25)22-11-3-4-12-22/h5-8,17H,2-4,9-14H2,1H3,(H,21,24). The first kappa shape index (κ1) is 19.2. The van der Waals surface area contributed by atoms with E-state index < -0.39 is 0 Å². The molecule has 0 bridgehead atoms. The Hall–Kier alpha value is -2.57. The first-order chi connectivity index (χ1) is 13.1. The SMILES string of the molecule is CCOC(=O)N1CCC(NC(=O)c2ccc(C(=O)N3CCCC3)cc2)CC1. The van der Waals surface area contributed by atoms with Crippen molar-refractivity contribution in [1.82, 2.24) is 15.1 Å². The van der Waals surface area contributed by atoms with Gasteiger partial charge in [0.25, 0.3) is 11.8 Å². The molecule has 1 aromatic carbocycles. The van der Waals surface area contributed by atoms with Gasteiger partial charge in [-0.05, 0) is 56.9 Å². The molecule has 0 aromatic heterocycles. The highest BCUT2D eigenvalue weighted by molar-refractivity contribution is 5.98. The molecule has 0 saturated carbocycles. The summed E-state index contributed by atoms with van der Waals surface area (Å²) in [6, 6.07) is 6.88. The van der Waals surface area contributed by atoms with Crippen molar-refractivity contribution in [2.45, 2.75) is 38.6 Å². The van der Waals surface area contributed by atoms with Gasteiger partial charge in [0.05, 0.1) is 6.61 Å². The molecule has 2 aliphatic rings. The molecule has 7 heteroatoms. The number of nitrogens with zero attached hydrogens (tertiary/aromatic N) is 2. The molecule has 0 aliphatic carbocycles. The number of benzene rings is 1. The van der Waals surface area contributed by atoms with E-state index in [4.69, 9.17) is 4.74 Å². The summed E-state index contributed by atoms with van der Waals surface area (Å²) in [7, 11) is 0. The van der Waals surface area contributed by atoms with Gasteiger partial charge in [-0.15, -0.1) is 0 Å². The molecule has 3 amide bonds. The molecule has 1 N–H and O–H groups in total. The summed E-state index contributed by atoms with van der Waals surface area (Å²) in [6.07, 6.45) is 3.23. The molecule has 0 radical (unpaired) electrons. The third-order valence-corrected chi connectivity index (χ3v) is 5.14. The highest BCUT2D eigenvalue weighted by Crippen LogP contribution is 2.15. The first-order valence-electron chi connectivity index (χ1n) is 9.70. The lowest BCUT2D eigenvalue weighted by Gasteiger charge is -2.31. The van der Waals surface area contributed by atoms with E-state index in [0.29, 0.717) is 43.7 Å². The number of rotatable bonds is 4. The van der Waals surface area contributed by atoms with Crippen LogP contribution in [0.15, 0.2) is 24.3 Å². The average molecular weight is 373 g/mol. The Labute approximate surface area is 159 Å². The number of amides is 3. The Kier molecular flexibility index (Phi) is 6.32. The van der Waals surface area contributed by atoms with Gasteiger partial charge in [-0.3, -0.25) is 9.59 Å². The van der Waals surface area contributed by atoms with Crippen LogP contribution in [0.3, 0.4) is 0 Å². The summed E-state index contributed by atoms with van der Waals surface area (Å²) in [6.45, 7) is 4.93. The number of piperidine rings is 1. The average Bonchev–Trinajstić information content (AvgIpc) is 3.23. The lowest BCUT2D eigenvalue weighted by atomic mass is 10.0. The molecule has 27 heavy (non-hydrogen) atoms. The molecule has 2 saturated heterocycles. The highest BCUT2D eigenvalue weighted by atomic mass is 16.6. The highest BCUT2D eigenvalue weighted by Gasteiger charge is 2.25. The van der Waals surface area contributed by atoms with Gasteiger partial charge in [0.15, 0.2) is 0 Å². The Morgan fingerprint density at radius 2 is 1.56 bits per heavy atom. The van der Waals surface area contributed by atoms with Crippen LogP contribution >= 0.6 is 0 Å². The summed E-state index contributed by atoms with van der Waals surface area (Å²) < 4.78 is 5.00. The fourth-order valence-electron chi connectivity index (χ4n) is 3.56. The quantitative estimate of drug-likeness (QED) is 0.878. The fourth-order valence-corrected chi connectivity index (χ4v) is 3.56. The van der Waals surface area contributed by atoms with Crippen LogP contribution in [0, 0.1) is 0 Å². The van der Waals surface area contributed by atoms with E-state index in [2.05, 4.69) is 5.32 Å². The summed E-state index contributed by atoms with van der Waals surface area (Å²) in [4.78, 5) is 40.1. The van der Waals surface area contributed by atoms with Gasteiger partial charge >= 0.3 is 6.09 Å². The van der Waals surface area contributed by atoms with Crippen LogP contribution in [0.4, 0.5) is 4.79 Å².